The van der Waals surface area contributed by atoms with E-state index in [1.165, 1.54) is 5.56 Å². The lowest BCUT2D eigenvalue weighted by Gasteiger charge is -2.32. The van der Waals surface area contributed by atoms with Crippen molar-refractivity contribution in [3.05, 3.63) is 35.9 Å². The summed E-state index contributed by atoms with van der Waals surface area (Å²) in [5.41, 5.74) is 1.36. The van der Waals surface area contributed by atoms with Crippen molar-refractivity contribution < 1.29 is 9.59 Å². The molecule has 2 heterocycles. The molecule has 2 fully saturated rings. The first-order valence-corrected chi connectivity index (χ1v) is 10.3. The quantitative estimate of drug-likeness (QED) is 0.771. The molecule has 1 aromatic rings. The minimum Gasteiger partial charge on any atom is -0.343 e. The lowest BCUT2D eigenvalue weighted by atomic mass is 9.96. The standard InChI is InChI=1S/C21H32N4O2/c26-20(25-12-4-5-13-25)8-11-22-21(27)23-16-18-9-14-24(15-10-18)17-19-6-2-1-3-7-19/h1-3,6-7,18H,4-5,8-17H2,(H2,22,23,27). The van der Waals surface area contributed by atoms with E-state index in [0.29, 0.717) is 25.4 Å². The van der Waals surface area contributed by atoms with E-state index in [1.54, 1.807) is 0 Å². The van der Waals surface area contributed by atoms with Gasteiger partial charge in [0.25, 0.3) is 0 Å². The van der Waals surface area contributed by atoms with Gasteiger partial charge in [0.1, 0.15) is 0 Å². The van der Waals surface area contributed by atoms with E-state index in [9.17, 15) is 9.59 Å². The van der Waals surface area contributed by atoms with Crippen molar-refractivity contribution in [2.24, 2.45) is 5.92 Å². The SMILES string of the molecule is O=C(NCCC(=O)N1CCCC1)NCC1CCN(Cc2ccccc2)CC1. The molecule has 0 aromatic heterocycles. The molecule has 2 aliphatic heterocycles. The molecule has 148 valence electrons. The van der Waals surface area contributed by atoms with E-state index >= 15 is 0 Å². The molecule has 0 atom stereocenters. The third kappa shape index (κ3) is 6.54. The van der Waals surface area contributed by atoms with Gasteiger partial charge in [0.15, 0.2) is 0 Å². The molecule has 2 saturated heterocycles. The third-order valence-electron chi connectivity index (χ3n) is 5.59. The largest absolute Gasteiger partial charge is 0.343 e. The number of nitrogens with zero attached hydrogens (tertiary/aromatic N) is 2. The van der Waals surface area contributed by atoms with Crippen molar-refractivity contribution in [1.29, 1.82) is 0 Å². The fraction of sp³-hybridized carbons (Fsp3) is 0.619. The molecular formula is C21H32N4O2. The molecule has 0 unspecified atom stereocenters. The predicted octanol–water partition coefficient (Wildman–Crippen LogP) is 2.21. The zero-order valence-corrected chi connectivity index (χ0v) is 16.2. The number of urea groups is 1. The number of amides is 3. The Labute approximate surface area is 162 Å². The van der Waals surface area contributed by atoms with Crippen molar-refractivity contribution in [2.75, 3.05) is 39.3 Å². The molecule has 0 radical (unpaired) electrons. The molecule has 2 N–H and O–H groups in total. The molecule has 6 nitrogen and oxygen atoms in total. The van der Waals surface area contributed by atoms with Crippen LogP contribution in [-0.4, -0.2) is 61.0 Å². The van der Waals surface area contributed by atoms with Gasteiger partial charge in [-0.05, 0) is 50.3 Å². The second-order valence-corrected chi connectivity index (χ2v) is 7.68. The summed E-state index contributed by atoms with van der Waals surface area (Å²) in [5.74, 6) is 0.688. The minimum absolute atomic E-state index is 0.151. The van der Waals surface area contributed by atoms with Crippen LogP contribution in [0.2, 0.25) is 0 Å². The van der Waals surface area contributed by atoms with E-state index in [4.69, 9.17) is 0 Å². The van der Waals surface area contributed by atoms with E-state index < -0.39 is 0 Å². The number of carbonyl (C=O) groups excluding carboxylic acids is 2. The highest BCUT2D eigenvalue weighted by Gasteiger charge is 2.20. The topological polar surface area (TPSA) is 64.7 Å². The molecule has 3 rings (SSSR count). The number of hydrogen-bond donors (Lipinski definition) is 2. The normalized spacial score (nSPS) is 18.4. The monoisotopic (exact) mass is 372 g/mol. The fourth-order valence-corrected chi connectivity index (χ4v) is 3.90. The lowest BCUT2D eigenvalue weighted by Crippen LogP contribution is -2.42. The zero-order chi connectivity index (χ0) is 18.9. The van der Waals surface area contributed by atoms with Gasteiger partial charge in [-0.3, -0.25) is 9.69 Å². The molecule has 0 bridgehead atoms. The van der Waals surface area contributed by atoms with Crippen LogP contribution in [0, 0.1) is 5.92 Å². The van der Waals surface area contributed by atoms with Crippen LogP contribution in [0.4, 0.5) is 4.79 Å². The van der Waals surface area contributed by atoms with Crippen LogP contribution in [0.3, 0.4) is 0 Å². The number of nitrogens with one attached hydrogen (secondary N) is 2. The number of hydrogen-bond acceptors (Lipinski definition) is 3. The summed E-state index contributed by atoms with van der Waals surface area (Å²) in [4.78, 5) is 28.3. The average molecular weight is 373 g/mol. The van der Waals surface area contributed by atoms with E-state index in [0.717, 1.165) is 58.4 Å². The minimum atomic E-state index is -0.157. The lowest BCUT2D eigenvalue weighted by molar-refractivity contribution is -0.129. The number of likely N-dealkylation sites (tertiary alicyclic amines) is 2. The van der Waals surface area contributed by atoms with Crippen molar-refractivity contribution in [3.63, 3.8) is 0 Å². The molecule has 2 aliphatic rings. The summed E-state index contributed by atoms with van der Waals surface area (Å²) in [7, 11) is 0. The highest BCUT2D eigenvalue weighted by Crippen LogP contribution is 2.18. The first-order chi connectivity index (χ1) is 13.2. The summed E-state index contributed by atoms with van der Waals surface area (Å²) < 4.78 is 0. The number of piperidine rings is 1. The second kappa shape index (κ2) is 10.3. The van der Waals surface area contributed by atoms with Crippen LogP contribution in [0.25, 0.3) is 0 Å². The van der Waals surface area contributed by atoms with E-state index in [-0.39, 0.29) is 11.9 Å². The van der Waals surface area contributed by atoms with Crippen LogP contribution in [0.5, 0.6) is 0 Å². The van der Waals surface area contributed by atoms with Crippen molar-refractivity contribution in [1.82, 2.24) is 20.4 Å². The number of benzene rings is 1. The summed E-state index contributed by atoms with van der Waals surface area (Å²) >= 11 is 0. The van der Waals surface area contributed by atoms with Crippen LogP contribution in [0.15, 0.2) is 30.3 Å². The fourth-order valence-electron chi connectivity index (χ4n) is 3.90. The van der Waals surface area contributed by atoms with Gasteiger partial charge in [-0.25, -0.2) is 4.79 Å². The zero-order valence-electron chi connectivity index (χ0n) is 16.2. The molecule has 0 saturated carbocycles. The van der Waals surface area contributed by atoms with Gasteiger partial charge in [0.05, 0.1) is 0 Å². The van der Waals surface area contributed by atoms with Crippen molar-refractivity contribution in [3.8, 4) is 0 Å². The summed E-state index contributed by atoms with van der Waals surface area (Å²) in [6, 6.07) is 10.4. The Morgan fingerprint density at radius 2 is 1.67 bits per heavy atom. The highest BCUT2D eigenvalue weighted by atomic mass is 16.2. The van der Waals surface area contributed by atoms with Gasteiger partial charge in [0.2, 0.25) is 5.91 Å². The maximum atomic E-state index is 11.9. The van der Waals surface area contributed by atoms with Gasteiger partial charge in [0, 0.05) is 39.1 Å². The molecule has 3 amide bonds. The van der Waals surface area contributed by atoms with Crippen LogP contribution < -0.4 is 10.6 Å². The molecule has 1 aromatic carbocycles. The van der Waals surface area contributed by atoms with Crippen LogP contribution in [0.1, 0.15) is 37.7 Å². The van der Waals surface area contributed by atoms with E-state index in [1.807, 2.05) is 4.90 Å². The number of rotatable bonds is 7. The Kier molecular flexibility index (Phi) is 7.51. The molecule has 0 spiro atoms. The smallest absolute Gasteiger partial charge is 0.314 e. The Morgan fingerprint density at radius 3 is 2.37 bits per heavy atom. The van der Waals surface area contributed by atoms with Gasteiger partial charge in [-0.1, -0.05) is 30.3 Å². The van der Waals surface area contributed by atoms with Crippen molar-refractivity contribution in [2.45, 2.75) is 38.6 Å². The maximum absolute atomic E-state index is 11.9. The molecule has 6 heteroatoms. The average Bonchev–Trinajstić information content (AvgIpc) is 3.23. The predicted molar refractivity (Wildman–Crippen MR) is 106 cm³/mol. The van der Waals surface area contributed by atoms with Crippen molar-refractivity contribution >= 4 is 11.9 Å². The summed E-state index contributed by atoms with van der Waals surface area (Å²) in [5, 5.41) is 5.78. The second-order valence-electron chi connectivity index (χ2n) is 7.68. The third-order valence-corrected chi connectivity index (χ3v) is 5.59. The van der Waals surface area contributed by atoms with Gasteiger partial charge < -0.3 is 15.5 Å². The highest BCUT2D eigenvalue weighted by molar-refractivity contribution is 5.78. The van der Waals surface area contributed by atoms with Gasteiger partial charge in [-0.15, -0.1) is 0 Å². The summed E-state index contributed by atoms with van der Waals surface area (Å²) in [6.45, 7) is 6.02. The Bertz CT molecular complexity index is 593. The first-order valence-electron chi connectivity index (χ1n) is 10.3. The van der Waals surface area contributed by atoms with E-state index in [2.05, 4.69) is 45.9 Å². The Morgan fingerprint density at radius 1 is 0.963 bits per heavy atom. The first kappa shape index (κ1) is 19.7. The van der Waals surface area contributed by atoms with Gasteiger partial charge >= 0.3 is 6.03 Å². The molecule has 27 heavy (non-hydrogen) atoms. The summed E-state index contributed by atoms with van der Waals surface area (Å²) in [6.07, 6.45) is 4.82. The van der Waals surface area contributed by atoms with Crippen LogP contribution in [-0.2, 0) is 11.3 Å². The van der Waals surface area contributed by atoms with Crippen LogP contribution >= 0.6 is 0 Å². The number of carbonyl (C=O) groups is 2. The Balaban J connectivity index is 1.25. The maximum Gasteiger partial charge on any atom is 0.314 e. The molecular weight excluding hydrogens is 340 g/mol. The Hall–Kier alpha value is -2.08. The molecule has 0 aliphatic carbocycles. The van der Waals surface area contributed by atoms with Gasteiger partial charge in [-0.2, -0.15) is 0 Å².